The molecule has 6 heteroatoms. The van der Waals surface area contributed by atoms with Crippen LogP contribution in [0.3, 0.4) is 0 Å². The van der Waals surface area contributed by atoms with Crippen LogP contribution in [-0.4, -0.2) is 59.0 Å². The Hall–Kier alpha value is -1.14. The molecule has 0 aromatic heterocycles. The number of nitrogens with zero attached hydrogens (tertiary/aromatic N) is 1. The monoisotopic (exact) mass is 343 g/mol. The lowest BCUT2D eigenvalue weighted by Gasteiger charge is -2.49. The topological polar surface area (TPSA) is 70.0 Å². The van der Waals surface area contributed by atoms with Crippen molar-refractivity contribution < 1.29 is 19.7 Å². The van der Waals surface area contributed by atoms with E-state index in [2.05, 4.69) is 4.90 Å². The summed E-state index contributed by atoms with van der Waals surface area (Å²) >= 11 is 0. The first-order valence-corrected chi connectivity index (χ1v) is 7.68. The number of rotatable bonds is 4. The van der Waals surface area contributed by atoms with Gasteiger partial charge in [-0.25, -0.2) is 4.79 Å². The summed E-state index contributed by atoms with van der Waals surface area (Å²) in [6.07, 6.45) is -0.600. The highest BCUT2D eigenvalue weighted by Gasteiger charge is 2.51. The molecule has 1 saturated heterocycles. The molecule has 4 unspecified atom stereocenters. The normalized spacial score (nSPS) is 29.4. The average Bonchev–Trinajstić information content (AvgIpc) is 2.52. The Morgan fingerprint density at radius 2 is 2.00 bits per heavy atom. The van der Waals surface area contributed by atoms with Crippen molar-refractivity contribution in [2.75, 3.05) is 20.2 Å². The van der Waals surface area contributed by atoms with E-state index in [4.69, 9.17) is 4.74 Å². The van der Waals surface area contributed by atoms with Gasteiger partial charge in [0.15, 0.2) is 0 Å². The summed E-state index contributed by atoms with van der Waals surface area (Å²) in [5.41, 5.74) is -0.612. The molecule has 0 radical (unpaired) electrons. The quantitative estimate of drug-likeness (QED) is 0.815. The van der Waals surface area contributed by atoms with Crippen LogP contribution in [0.4, 0.5) is 0 Å². The summed E-state index contributed by atoms with van der Waals surface area (Å²) in [4.78, 5) is 14.6. The van der Waals surface area contributed by atoms with Gasteiger partial charge in [-0.2, -0.15) is 0 Å². The van der Waals surface area contributed by atoms with Gasteiger partial charge in [-0.15, -0.1) is 12.4 Å². The van der Waals surface area contributed by atoms with Crippen LogP contribution in [0.2, 0.25) is 0 Å². The zero-order valence-corrected chi connectivity index (χ0v) is 14.6. The van der Waals surface area contributed by atoms with E-state index in [1.54, 1.807) is 24.3 Å². The number of carbonyl (C=O) groups excluding carboxylic acids is 1. The maximum Gasteiger partial charge on any atom is 0.338 e. The molecule has 4 atom stereocenters. The zero-order valence-electron chi connectivity index (χ0n) is 13.8. The van der Waals surface area contributed by atoms with Gasteiger partial charge >= 0.3 is 5.97 Å². The third-order valence-electron chi connectivity index (χ3n) is 4.79. The molecule has 1 fully saturated rings. The lowest BCUT2D eigenvalue weighted by molar-refractivity contribution is -0.164. The molecule has 0 saturated carbocycles. The Balaban J connectivity index is 0.00000264. The summed E-state index contributed by atoms with van der Waals surface area (Å²) in [6.45, 7) is 4.24. The third-order valence-corrected chi connectivity index (χ3v) is 4.79. The smallest absolute Gasteiger partial charge is 0.338 e. The van der Waals surface area contributed by atoms with Crippen molar-refractivity contribution in [1.82, 2.24) is 4.90 Å². The second-order valence-electron chi connectivity index (χ2n) is 6.30. The van der Waals surface area contributed by atoms with E-state index in [0.29, 0.717) is 18.5 Å². The molecule has 1 aromatic rings. The van der Waals surface area contributed by atoms with Gasteiger partial charge in [-0.05, 0) is 26.1 Å². The summed E-state index contributed by atoms with van der Waals surface area (Å²) in [6, 6.07) is 8.89. The molecule has 1 heterocycles. The van der Waals surface area contributed by atoms with Gasteiger partial charge in [-0.1, -0.05) is 25.1 Å². The third kappa shape index (κ3) is 4.04. The van der Waals surface area contributed by atoms with Gasteiger partial charge in [0.1, 0.15) is 11.7 Å². The van der Waals surface area contributed by atoms with Gasteiger partial charge in [-0.3, -0.25) is 0 Å². The van der Waals surface area contributed by atoms with Crippen molar-refractivity contribution in [3.05, 3.63) is 35.9 Å². The number of hydrogen-bond donors (Lipinski definition) is 2. The van der Waals surface area contributed by atoms with Gasteiger partial charge in [0.25, 0.3) is 0 Å². The fourth-order valence-electron chi connectivity index (χ4n) is 3.22. The number of carbonyl (C=O) groups is 1. The van der Waals surface area contributed by atoms with Crippen molar-refractivity contribution in [1.29, 1.82) is 0 Å². The average molecular weight is 344 g/mol. The first-order valence-electron chi connectivity index (χ1n) is 7.68. The fraction of sp³-hybridized carbons (Fsp3) is 0.588. The number of benzene rings is 1. The molecule has 2 N–H and O–H groups in total. The Morgan fingerprint density at radius 1 is 1.39 bits per heavy atom. The number of likely N-dealkylation sites (tertiary alicyclic amines) is 1. The second-order valence-corrected chi connectivity index (χ2v) is 6.30. The summed E-state index contributed by atoms with van der Waals surface area (Å²) in [5.74, 6) is -0.541. The molecule has 0 aliphatic carbocycles. The number of esters is 1. The SMILES string of the molecule is CC1CC(OC(=O)c2ccccc2)(C(O)CO)C(C)CN1C.Cl. The van der Waals surface area contributed by atoms with E-state index in [1.807, 2.05) is 27.0 Å². The highest BCUT2D eigenvalue weighted by atomic mass is 35.5. The standard InChI is InChI=1S/C17H25NO4.ClH/c1-12-10-18(3)13(2)9-17(12,15(20)11-19)22-16(21)14-7-5-4-6-8-14;/h4-8,12-13,15,19-20H,9-11H2,1-3H3;1H. The number of ether oxygens (including phenoxy) is 1. The maximum absolute atomic E-state index is 12.4. The highest BCUT2D eigenvalue weighted by Crippen LogP contribution is 2.37. The minimum atomic E-state index is -1.09. The van der Waals surface area contributed by atoms with E-state index in [1.165, 1.54) is 0 Å². The van der Waals surface area contributed by atoms with Crippen LogP contribution >= 0.6 is 12.4 Å². The molecule has 23 heavy (non-hydrogen) atoms. The second kappa shape index (κ2) is 8.11. The predicted molar refractivity (Wildman–Crippen MR) is 90.8 cm³/mol. The highest BCUT2D eigenvalue weighted by molar-refractivity contribution is 5.89. The van der Waals surface area contributed by atoms with E-state index >= 15 is 0 Å². The molecular formula is C17H26ClNO4. The van der Waals surface area contributed by atoms with Gasteiger partial charge in [0.05, 0.1) is 12.2 Å². The van der Waals surface area contributed by atoms with Crippen molar-refractivity contribution >= 4 is 18.4 Å². The Morgan fingerprint density at radius 3 is 2.57 bits per heavy atom. The molecule has 2 rings (SSSR count). The van der Waals surface area contributed by atoms with Crippen LogP contribution < -0.4 is 0 Å². The first kappa shape index (κ1) is 19.9. The lowest BCUT2D eigenvalue weighted by Crippen LogP contribution is -2.62. The molecule has 0 spiro atoms. The van der Waals surface area contributed by atoms with Crippen LogP contribution in [0.25, 0.3) is 0 Å². The van der Waals surface area contributed by atoms with Gasteiger partial charge in [0.2, 0.25) is 0 Å². The van der Waals surface area contributed by atoms with Crippen molar-refractivity contribution in [2.24, 2.45) is 5.92 Å². The molecule has 5 nitrogen and oxygen atoms in total. The number of halogens is 1. The number of hydrogen-bond acceptors (Lipinski definition) is 5. The van der Waals surface area contributed by atoms with Crippen LogP contribution in [0.1, 0.15) is 30.6 Å². The van der Waals surface area contributed by atoms with Gasteiger partial charge < -0.3 is 19.8 Å². The van der Waals surface area contributed by atoms with Crippen LogP contribution in [0, 0.1) is 5.92 Å². The Bertz CT molecular complexity index is 513. The fourth-order valence-corrected chi connectivity index (χ4v) is 3.22. The number of aliphatic hydroxyl groups is 2. The molecule has 1 aromatic carbocycles. The van der Waals surface area contributed by atoms with Crippen molar-refractivity contribution in [2.45, 2.75) is 38.0 Å². The first-order chi connectivity index (χ1) is 10.4. The largest absolute Gasteiger partial charge is 0.452 e. The predicted octanol–water partition coefficient (Wildman–Crippen LogP) is 1.72. The van der Waals surface area contributed by atoms with Crippen LogP contribution in [0.5, 0.6) is 0 Å². The minimum absolute atomic E-state index is 0. The van der Waals surface area contributed by atoms with Gasteiger partial charge in [0, 0.05) is 24.9 Å². The van der Waals surface area contributed by atoms with E-state index < -0.39 is 24.3 Å². The Labute approximate surface area is 143 Å². The van der Waals surface area contributed by atoms with Crippen LogP contribution in [-0.2, 0) is 4.74 Å². The summed E-state index contributed by atoms with van der Waals surface area (Å²) in [7, 11) is 2.01. The molecular weight excluding hydrogens is 318 g/mol. The zero-order chi connectivity index (χ0) is 16.3. The minimum Gasteiger partial charge on any atom is -0.452 e. The molecule has 0 bridgehead atoms. The molecule has 130 valence electrons. The number of aliphatic hydroxyl groups excluding tert-OH is 2. The van der Waals surface area contributed by atoms with Crippen LogP contribution in [0.15, 0.2) is 30.3 Å². The Kier molecular flexibility index (Phi) is 7.02. The van der Waals surface area contributed by atoms with E-state index in [0.717, 1.165) is 0 Å². The maximum atomic E-state index is 12.4. The summed E-state index contributed by atoms with van der Waals surface area (Å²) in [5, 5.41) is 19.8. The lowest BCUT2D eigenvalue weighted by atomic mass is 9.75. The van der Waals surface area contributed by atoms with E-state index in [-0.39, 0.29) is 24.4 Å². The van der Waals surface area contributed by atoms with Crippen molar-refractivity contribution in [3.63, 3.8) is 0 Å². The molecule has 1 aliphatic rings. The summed E-state index contributed by atoms with van der Waals surface area (Å²) < 4.78 is 5.77. The molecule has 1 aliphatic heterocycles. The van der Waals surface area contributed by atoms with Crippen molar-refractivity contribution in [3.8, 4) is 0 Å². The molecule has 0 amide bonds. The van der Waals surface area contributed by atoms with E-state index in [9.17, 15) is 15.0 Å². The number of piperidine rings is 1.